The van der Waals surface area contributed by atoms with Crippen LogP contribution >= 0.6 is 22.9 Å². The first-order valence-electron chi connectivity index (χ1n) is 6.97. The van der Waals surface area contributed by atoms with Crippen molar-refractivity contribution in [1.29, 1.82) is 0 Å². The molecule has 0 radical (unpaired) electrons. The molecule has 1 N–H and O–H groups in total. The normalized spacial score (nSPS) is 24.5. The van der Waals surface area contributed by atoms with Crippen molar-refractivity contribution in [2.24, 2.45) is 0 Å². The zero-order valence-electron chi connectivity index (χ0n) is 10.8. The molecule has 1 saturated carbocycles. The predicted octanol–water partition coefficient (Wildman–Crippen LogP) is 3.51. The number of halogens is 1. The van der Waals surface area contributed by atoms with Gasteiger partial charge in [0.25, 0.3) is 0 Å². The smallest absolute Gasteiger partial charge is 0.0516 e. The van der Waals surface area contributed by atoms with E-state index < -0.39 is 0 Å². The van der Waals surface area contributed by atoms with Crippen LogP contribution in [-0.2, 0) is 6.54 Å². The lowest BCUT2D eigenvalue weighted by Crippen LogP contribution is -2.61. The lowest BCUT2D eigenvalue weighted by atomic mass is 9.79. The van der Waals surface area contributed by atoms with Gasteiger partial charge in [-0.25, -0.2) is 0 Å². The Hall–Kier alpha value is -0.0900. The molecule has 1 spiro atoms. The lowest BCUT2D eigenvalue weighted by Gasteiger charge is -2.49. The van der Waals surface area contributed by atoms with Crippen LogP contribution in [0.2, 0.25) is 5.02 Å². The fourth-order valence-corrected chi connectivity index (χ4v) is 4.55. The van der Waals surface area contributed by atoms with E-state index in [1.807, 2.05) is 5.38 Å². The summed E-state index contributed by atoms with van der Waals surface area (Å²) in [5, 5.41) is 6.54. The quantitative estimate of drug-likeness (QED) is 0.894. The molecule has 2 nitrogen and oxygen atoms in total. The monoisotopic (exact) mass is 284 g/mol. The maximum absolute atomic E-state index is 6.03. The van der Waals surface area contributed by atoms with Crippen molar-refractivity contribution in [2.75, 3.05) is 19.6 Å². The Balaban J connectivity index is 1.75. The Morgan fingerprint density at radius 3 is 2.89 bits per heavy atom. The molecule has 2 fully saturated rings. The molecule has 1 aliphatic heterocycles. The first kappa shape index (κ1) is 12.9. The van der Waals surface area contributed by atoms with Gasteiger partial charge in [0.1, 0.15) is 0 Å². The van der Waals surface area contributed by atoms with Gasteiger partial charge in [-0.05, 0) is 18.9 Å². The van der Waals surface area contributed by atoms with E-state index in [0.29, 0.717) is 5.54 Å². The number of nitrogens with one attached hydrogen (secondary N) is 1. The zero-order valence-corrected chi connectivity index (χ0v) is 12.3. The predicted molar refractivity (Wildman–Crippen MR) is 78.4 cm³/mol. The van der Waals surface area contributed by atoms with Crippen molar-refractivity contribution in [1.82, 2.24) is 10.2 Å². The average Bonchev–Trinajstić information content (AvgIpc) is 2.79. The summed E-state index contributed by atoms with van der Waals surface area (Å²) in [7, 11) is 0. The van der Waals surface area contributed by atoms with E-state index in [2.05, 4.69) is 16.3 Å². The summed E-state index contributed by atoms with van der Waals surface area (Å²) >= 11 is 7.83. The zero-order chi connectivity index (χ0) is 12.4. The van der Waals surface area contributed by atoms with Crippen LogP contribution in [0, 0.1) is 0 Å². The van der Waals surface area contributed by atoms with Gasteiger partial charge in [0.15, 0.2) is 0 Å². The van der Waals surface area contributed by atoms with Gasteiger partial charge in [0, 0.05) is 42.0 Å². The molecule has 2 heterocycles. The maximum Gasteiger partial charge on any atom is 0.0516 e. The fraction of sp³-hybridized carbons (Fsp3) is 0.714. The van der Waals surface area contributed by atoms with Crippen LogP contribution in [0.15, 0.2) is 11.4 Å². The second-order valence-corrected chi connectivity index (χ2v) is 7.05. The molecule has 1 saturated heterocycles. The van der Waals surface area contributed by atoms with Crippen molar-refractivity contribution in [3.8, 4) is 0 Å². The molecule has 0 atom stereocenters. The Morgan fingerprint density at radius 1 is 1.33 bits per heavy atom. The van der Waals surface area contributed by atoms with Crippen molar-refractivity contribution in [3.63, 3.8) is 0 Å². The lowest BCUT2D eigenvalue weighted by molar-refractivity contribution is 0.0217. The van der Waals surface area contributed by atoms with Crippen LogP contribution in [0.25, 0.3) is 0 Å². The molecule has 1 aliphatic carbocycles. The topological polar surface area (TPSA) is 15.3 Å². The highest BCUT2D eigenvalue weighted by Crippen LogP contribution is 2.36. The summed E-state index contributed by atoms with van der Waals surface area (Å²) in [6.07, 6.45) is 6.92. The summed E-state index contributed by atoms with van der Waals surface area (Å²) in [6, 6.07) is 2.13. The number of nitrogens with zero attached hydrogens (tertiary/aromatic N) is 1. The second kappa shape index (κ2) is 5.49. The summed E-state index contributed by atoms with van der Waals surface area (Å²) in [4.78, 5) is 4.12. The molecule has 2 aliphatic rings. The number of hydrogen-bond acceptors (Lipinski definition) is 3. The van der Waals surface area contributed by atoms with Crippen LogP contribution in [0.3, 0.4) is 0 Å². The van der Waals surface area contributed by atoms with Crippen molar-refractivity contribution >= 4 is 22.9 Å². The SMILES string of the molecule is Clc1csc(CN2CCNCC23CCCCC3)c1. The first-order valence-corrected chi connectivity index (χ1v) is 8.23. The Kier molecular flexibility index (Phi) is 3.94. The van der Waals surface area contributed by atoms with Crippen LogP contribution < -0.4 is 5.32 Å². The minimum Gasteiger partial charge on any atom is -0.314 e. The van der Waals surface area contributed by atoms with E-state index in [1.165, 1.54) is 50.1 Å². The van der Waals surface area contributed by atoms with E-state index in [0.717, 1.165) is 18.1 Å². The van der Waals surface area contributed by atoms with Gasteiger partial charge in [0.05, 0.1) is 5.02 Å². The molecule has 1 aromatic heterocycles. The van der Waals surface area contributed by atoms with Gasteiger partial charge in [-0.2, -0.15) is 0 Å². The Bertz CT molecular complexity index is 390. The van der Waals surface area contributed by atoms with Gasteiger partial charge >= 0.3 is 0 Å². The third-order valence-corrected chi connectivity index (χ3v) is 5.71. The van der Waals surface area contributed by atoms with Crippen LogP contribution in [0.5, 0.6) is 0 Å². The van der Waals surface area contributed by atoms with E-state index in [-0.39, 0.29) is 0 Å². The summed E-state index contributed by atoms with van der Waals surface area (Å²) < 4.78 is 0. The van der Waals surface area contributed by atoms with E-state index in [9.17, 15) is 0 Å². The molecule has 0 aromatic carbocycles. The highest BCUT2D eigenvalue weighted by Gasteiger charge is 2.39. The largest absolute Gasteiger partial charge is 0.314 e. The standard InChI is InChI=1S/C14H21ClN2S/c15-12-8-13(18-10-12)9-17-7-6-16-11-14(17)4-2-1-3-5-14/h8,10,16H,1-7,9,11H2. The molecule has 0 unspecified atom stereocenters. The van der Waals surface area contributed by atoms with Gasteiger partial charge < -0.3 is 5.32 Å². The van der Waals surface area contributed by atoms with Crippen LogP contribution in [0.4, 0.5) is 0 Å². The molecule has 3 rings (SSSR count). The Morgan fingerprint density at radius 2 is 2.17 bits per heavy atom. The number of rotatable bonds is 2. The van der Waals surface area contributed by atoms with E-state index in [4.69, 9.17) is 11.6 Å². The minimum atomic E-state index is 0.424. The van der Waals surface area contributed by atoms with E-state index >= 15 is 0 Å². The van der Waals surface area contributed by atoms with Crippen molar-refractivity contribution in [2.45, 2.75) is 44.2 Å². The molecule has 100 valence electrons. The minimum absolute atomic E-state index is 0.424. The molecule has 0 bridgehead atoms. The van der Waals surface area contributed by atoms with Crippen molar-refractivity contribution in [3.05, 3.63) is 21.3 Å². The first-order chi connectivity index (χ1) is 8.78. The molecule has 1 aromatic rings. The average molecular weight is 285 g/mol. The Labute approximate surface area is 118 Å². The highest BCUT2D eigenvalue weighted by atomic mass is 35.5. The molecular formula is C14H21ClN2S. The molecular weight excluding hydrogens is 264 g/mol. The third-order valence-electron chi connectivity index (χ3n) is 4.44. The van der Waals surface area contributed by atoms with E-state index in [1.54, 1.807) is 11.3 Å². The van der Waals surface area contributed by atoms with Gasteiger partial charge in [-0.1, -0.05) is 30.9 Å². The van der Waals surface area contributed by atoms with Gasteiger partial charge in [-0.15, -0.1) is 11.3 Å². The summed E-state index contributed by atoms with van der Waals surface area (Å²) in [6.45, 7) is 4.56. The molecule has 4 heteroatoms. The van der Waals surface area contributed by atoms with Crippen LogP contribution in [-0.4, -0.2) is 30.1 Å². The number of hydrogen-bond donors (Lipinski definition) is 1. The summed E-state index contributed by atoms with van der Waals surface area (Å²) in [5.74, 6) is 0. The fourth-order valence-electron chi connectivity index (χ4n) is 3.46. The van der Waals surface area contributed by atoms with Gasteiger partial charge in [-0.3, -0.25) is 4.90 Å². The molecule has 18 heavy (non-hydrogen) atoms. The maximum atomic E-state index is 6.03. The number of piperazine rings is 1. The van der Waals surface area contributed by atoms with Crippen LogP contribution in [0.1, 0.15) is 37.0 Å². The second-order valence-electron chi connectivity index (χ2n) is 5.61. The third kappa shape index (κ3) is 2.60. The number of thiophene rings is 1. The summed E-state index contributed by atoms with van der Waals surface area (Å²) in [5.41, 5.74) is 0.424. The highest BCUT2D eigenvalue weighted by molar-refractivity contribution is 7.10. The van der Waals surface area contributed by atoms with Crippen molar-refractivity contribution < 1.29 is 0 Å². The van der Waals surface area contributed by atoms with Gasteiger partial charge in [0.2, 0.25) is 0 Å². The molecule has 0 amide bonds.